The number of hydrogen-bond acceptors (Lipinski definition) is 12. The van der Waals surface area contributed by atoms with Gasteiger partial charge in [-0.15, -0.1) is 0 Å². The summed E-state index contributed by atoms with van der Waals surface area (Å²) in [5.74, 6) is -1.57. The highest BCUT2D eigenvalue weighted by molar-refractivity contribution is 6.28. The number of aromatic nitrogens is 4. The van der Waals surface area contributed by atoms with Crippen molar-refractivity contribution in [3.05, 3.63) is 11.5 Å². The molecule has 2 aromatic rings. The summed E-state index contributed by atoms with van der Waals surface area (Å²) in [5.41, 5.74) is 2.95. The molecule has 1 aliphatic heterocycles. The molecule has 0 aliphatic carbocycles. The molecular formula is C19H24ClN5O8. The number of rotatable bonds is 8. The fourth-order valence-corrected chi connectivity index (χ4v) is 3.39. The zero-order chi connectivity index (χ0) is 24.3. The molecular weight excluding hydrogens is 462 g/mol. The third kappa shape index (κ3) is 5.86. The number of nitrogens with one attached hydrogen (secondary N) is 1. The van der Waals surface area contributed by atoms with Gasteiger partial charge in [0.2, 0.25) is 5.28 Å². The van der Waals surface area contributed by atoms with Gasteiger partial charge in [0.1, 0.15) is 12.7 Å². The predicted molar refractivity (Wildman–Crippen MR) is 112 cm³/mol. The van der Waals surface area contributed by atoms with Gasteiger partial charge in [-0.2, -0.15) is 15.1 Å². The van der Waals surface area contributed by atoms with Gasteiger partial charge in [-0.3, -0.25) is 19.2 Å². The second kappa shape index (κ2) is 10.3. The maximum atomic E-state index is 11.8. The summed E-state index contributed by atoms with van der Waals surface area (Å²) in [6.07, 6.45) is -2.92. The van der Waals surface area contributed by atoms with Crippen LogP contribution in [0.3, 0.4) is 0 Å². The van der Waals surface area contributed by atoms with Crippen LogP contribution in [0, 0.1) is 0 Å². The Morgan fingerprint density at radius 3 is 2.39 bits per heavy atom. The Kier molecular flexibility index (Phi) is 7.66. The number of ether oxygens (including phenoxy) is 4. The Hall–Kier alpha value is -3.03. The number of hydrogen-bond donors (Lipinski definition) is 1. The van der Waals surface area contributed by atoms with Crippen molar-refractivity contribution in [3.8, 4) is 0 Å². The number of fused-ring (bicyclic) bond motifs is 1. The first-order valence-corrected chi connectivity index (χ1v) is 10.4. The molecule has 33 heavy (non-hydrogen) atoms. The highest BCUT2D eigenvalue weighted by Gasteiger charge is 2.51. The van der Waals surface area contributed by atoms with Gasteiger partial charge in [-0.1, -0.05) is 0 Å². The summed E-state index contributed by atoms with van der Waals surface area (Å²) in [6.45, 7) is 7.03. The van der Waals surface area contributed by atoms with Crippen LogP contribution < -0.4 is 5.48 Å². The summed E-state index contributed by atoms with van der Waals surface area (Å²) >= 11 is 6.09. The first-order chi connectivity index (χ1) is 15.6. The highest BCUT2D eigenvalue weighted by atomic mass is 35.5. The third-order valence-electron chi connectivity index (χ3n) is 4.40. The Balaban J connectivity index is 2.03. The van der Waals surface area contributed by atoms with Gasteiger partial charge in [-0.05, 0) is 25.4 Å². The predicted octanol–water partition coefficient (Wildman–Crippen LogP) is 1.56. The van der Waals surface area contributed by atoms with Crippen LogP contribution in [-0.2, 0) is 38.2 Å². The molecule has 14 heteroatoms. The van der Waals surface area contributed by atoms with Crippen LogP contribution in [0.2, 0.25) is 5.28 Å². The Morgan fingerprint density at radius 1 is 1.12 bits per heavy atom. The molecule has 2 aromatic heterocycles. The molecule has 0 unspecified atom stereocenters. The van der Waals surface area contributed by atoms with E-state index in [0.29, 0.717) is 5.39 Å². The number of carbonyl (C=O) groups excluding carboxylic acids is 3. The van der Waals surface area contributed by atoms with Crippen molar-refractivity contribution in [1.82, 2.24) is 19.7 Å². The Bertz CT molecular complexity index is 1040. The van der Waals surface area contributed by atoms with Gasteiger partial charge in [0, 0.05) is 20.8 Å². The summed E-state index contributed by atoms with van der Waals surface area (Å²) in [4.78, 5) is 48.6. The average Bonchev–Trinajstić information content (AvgIpc) is 3.25. The second-order valence-electron chi connectivity index (χ2n) is 7.45. The molecule has 3 heterocycles. The van der Waals surface area contributed by atoms with E-state index < -0.39 is 42.4 Å². The fourth-order valence-electron chi connectivity index (χ4n) is 3.23. The molecule has 0 bridgehead atoms. The van der Waals surface area contributed by atoms with E-state index in [0.717, 1.165) is 0 Å². The third-order valence-corrected chi connectivity index (χ3v) is 4.57. The van der Waals surface area contributed by atoms with E-state index >= 15 is 0 Å². The first kappa shape index (κ1) is 24.6. The van der Waals surface area contributed by atoms with Crippen LogP contribution in [0.25, 0.3) is 11.0 Å². The van der Waals surface area contributed by atoms with Crippen molar-refractivity contribution >= 4 is 46.4 Å². The zero-order valence-corrected chi connectivity index (χ0v) is 19.4. The SMILES string of the molecule is CC(=O)OC[C@H]1O[C@@H](n2ncc3c(NOC(C)C)nc(Cl)nc32)[C@H](OC(C)=O)[C@@H]1OC(C)=O. The van der Waals surface area contributed by atoms with Crippen molar-refractivity contribution < 1.29 is 38.2 Å². The van der Waals surface area contributed by atoms with E-state index in [1.54, 1.807) is 0 Å². The molecule has 0 saturated carbocycles. The lowest BCUT2D eigenvalue weighted by molar-refractivity contribution is -0.166. The lowest BCUT2D eigenvalue weighted by atomic mass is 10.1. The van der Waals surface area contributed by atoms with E-state index in [4.69, 9.17) is 35.4 Å². The number of halogens is 1. The fraction of sp³-hybridized carbons (Fsp3) is 0.579. The Labute approximate surface area is 193 Å². The van der Waals surface area contributed by atoms with E-state index in [1.807, 2.05) is 13.8 Å². The molecule has 1 aliphatic rings. The molecule has 1 N–H and O–H groups in total. The minimum atomic E-state index is -1.12. The van der Waals surface area contributed by atoms with Gasteiger partial charge in [-0.25, -0.2) is 10.2 Å². The quantitative estimate of drug-likeness (QED) is 0.250. The lowest BCUT2D eigenvalue weighted by Crippen LogP contribution is -2.40. The average molecular weight is 486 g/mol. The van der Waals surface area contributed by atoms with Crippen molar-refractivity contribution in [2.45, 2.75) is 65.3 Å². The van der Waals surface area contributed by atoms with Crippen LogP contribution in [0.5, 0.6) is 0 Å². The maximum absolute atomic E-state index is 11.8. The molecule has 0 amide bonds. The molecule has 4 atom stereocenters. The van der Waals surface area contributed by atoms with Crippen LogP contribution in [0.4, 0.5) is 5.82 Å². The number of nitrogens with zero attached hydrogens (tertiary/aromatic N) is 4. The van der Waals surface area contributed by atoms with Crippen LogP contribution in [0.1, 0.15) is 40.8 Å². The maximum Gasteiger partial charge on any atom is 0.303 e. The summed E-state index contributed by atoms with van der Waals surface area (Å²) < 4.78 is 23.1. The number of esters is 3. The lowest BCUT2D eigenvalue weighted by Gasteiger charge is -2.23. The molecule has 3 rings (SSSR count). The van der Waals surface area contributed by atoms with E-state index in [9.17, 15) is 14.4 Å². The Morgan fingerprint density at radius 2 is 1.79 bits per heavy atom. The minimum absolute atomic E-state index is 0.103. The molecule has 1 saturated heterocycles. The largest absolute Gasteiger partial charge is 0.463 e. The second-order valence-corrected chi connectivity index (χ2v) is 7.79. The van der Waals surface area contributed by atoms with Crippen molar-refractivity contribution in [2.75, 3.05) is 12.1 Å². The van der Waals surface area contributed by atoms with E-state index in [-0.39, 0.29) is 29.5 Å². The van der Waals surface area contributed by atoms with Crippen LogP contribution in [-0.4, -0.2) is 68.7 Å². The van der Waals surface area contributed by atoms with E-state index in [1.165, 1.54) is 31.6 Å². The molecule has 1 fully saturated rings. The van der Waals surface area contributed by atoms with Crippen molar-refractivity contribution in [3.63, 3.8) is 0 Å². The molecule has 0 aromatic carbocycles. The summed E-state index contributed by atoms with van der Waals surface area (Å²) in [5, 5.41) is 4.64. The first-order valence-electron chi connectivity index (χ1n) is 10.0. The molecule has 180 valence electrons. The smallest absolute Gasteiger partial charge is 0.303 e. The summed E-state index contributed by atoms with van der Waals surface area (Å²) in [6, 6.07) is 0. The molecule has 0 radical (unpaired) electrons. The normalized spacial score (nSPS) is 22.4. The van der Waals surface area contributed by atoms with Crippen molar-refractivity contribution in [2.24, 2.45) is 0 Å². The van der Waals surface area contributed by atoms with Gasteiger partial charge in [0.25, 0.3) is 0 Å². The van der Waals surface area contributed by atoms with Crippen LogP contribution in [0.15, 0.2) is 6.20 Å². The summed E-state index contributed by atoms with van der Waals surface area (Å²) in [7, 11) is 0. The van der Waals surface area contributed by atoms with Crippen molar-refractivity contribution in [1.29, 1.82) is 0 Å². The topological polar surface area (TPSA) is 153 Å². The number of carbonyl (C=O) groups is 3. The highest BCUT2D eigenvalue weighted by Crippen LogP contribution is 2.36. The number of anilines is 1. The monoisotopic (exact) mass is 485 g/mol. The van der Waals surface area contributed by atoms with Gasteiger partial charge >= 0.3 is 17.9 Å². The zero-order valence-electron chi connectivity index (χ0n) is 18.6. The van der Waals surface area contributed by atoms with Gasteiger partial charge in [0.15, 0.2) is 29.9 Å². The standard InChI is InChI=1S/C19H24ClN5O8/c1-8(2)33-24-16-12-6-21-25(17(12)23-19(20)22-16)18-15(31-11(5)28)14(30-10(4)27)13(32-18)7-29-9(3)26/h6,8,13-15,18H,7H2,1-5H3,(H,22,23,24)/t13-,14-,15-,18-/m1/s1. The molecule has 13 nitrogen and oxygen atoms in total. The van der Waals surface area contributed by atoms with Crippen LogP contribution >= 0.6 is 11.6 Å². The minimum Gasteiger partial charge on any atom is -0.463 e. The van der Waals surface area contributed by atoms with Gasteiger partial charge in [0.05, 0.1) is 17.7 Å². The van der Waals surface area contributed by atoms with E-state index in [2.05, 4.69) is 20.5 Å². The molecule has 0 spiro atoms. The van der Waals surface area contributed by atoms with Gasteiger partial charge < -0.3 is 18.9 Å².